The number of ether oxygens (including phenoxy) is 1. The summed E-state index contributed by atoms with van der Waals surface area (Å²) in [5, 5.41) is 11.4. The Morgan fingerprint density at radius 1 is 0.952 bits per heavy atom. The molecule has 3 heterocycles. The van der Waals surface area contributed by atoms with E-state index in [1.54, 1.807) is 18.9 Å². The lowest BCUT2D eigenvalue weighted by Crippen LogP contribution is -2.48. The average Bonchev–Trinajstić information content (AvgIpc) is 3.33. The molecule has 1 aliphatic rings. The first-order valence-corrected chi connectivity index (χ1v) is 15.6. The molecule has 1 amide bonds. The standard InChI is InChI=1S/C32H33ClN6O2S/c1-41-28-14-5-4-13-27(28)37-16-18-38(19-17-37)29(40)15-6-7-20-42-32-34-31-30(35-36-32)25-11-2-3-12-26(25)39(31)22-23-9-8-10-24(33)21-23/h2-5,8-14,21H,6-7,15-20,22H2,1H3. The number of rotatable bonds is 10. The second kappa shape index (κ2) is 13.0. The van der Waals surface area contributed by atoms with Gasteiger partial charge in [-0.2, -0.15) is 0 Å². The number of methoxy groups -OCH3 is 1. The minimum absolute atomic E-state index is 0.226. The topological polar surface area (TPSA) is 76.4 Å². The van der Waals surface area contributed by atoms with Gasteiger partial charge < -0.3 is 19.1 Å². The highest BCUT2D eigenvalue weighted by molar-refractivity contribution is 7.99. The summed E-state index contributed by atoms with van der Waals surface area (Å²) in [4.78, 5) is 22.1. The number of benzene rings is 3. The molecule has 0 unspecified atom stereocenters. The first kappa shape index (κ1) is 28.3. The van der Waals surface area contributed by atoms with Gasteiger partial charge in [0.15, 0.2) is 5.65 Å². The van der Waals surface area contributed by atoms with Crippen LogP contribution < -0.4 is 9.64 Å². The number of unbranched alkanes of at least 4 members (excludes halogenated alkanes) is 1. The molecule has 2 aromatic heterocycles. The summed E-state index contributed by atoms with van der Waals surface area (Å²) in [7, 11) is 1.69. The number of anilines is 1. The second-order valence-corrected chi connectivity index (χ2v) is 11.8. The lowest BCUT2D eigenvalue weighted by molar-refractivity contribution is -0.131. The summed E-state index contributed by atoms with van der Waals surface area (Å²) >= 11 is 7.84. The fraction of sp³-hybridized carbons (Fsp3) is 0.312. The fourth-order valence-electron chi connectivity index (χ4n) is 5.52. The number of piperazine rings is 1. The molecule has 0 bridgehead atoms. The van der Waals surface area contributed by atoms with Crippen molar-refractivity contribution in [2.45, 2.75) is 31.0 Å². The van der Waals surface area contributed by atoms with Crippen LogP contribution in [-0.2, 0) is 11.3 Å². The minimum atomic E-state index is 0.226. The third-order valence-electron chi connectivity index (χ3n) is 7.66. The van der Waals surface area contributed by atoms with Crippen molar-refractivity contribution < 1.29 is 9.53 Å². The van der Waals surface area contributed by atoms with E-state index in [9.17, 15) is 4.79 Å². The first-order valence-electron chi connectivity index (χ1n) is 14.3. The van der Waals surface area contributed by atoms with Gasteiger partial charge in [-0.15, -0.1) is 10.2 Å². The fourth-order valence-corrected chi connectivity index (χ4v) is 6.51. The maximum atomic E-state index is 12.9. The largest absolute Gasteiger partial charge is 0.495 e. The summed E-state index contributed by atoms with van der Waals surface area (Å²) in [6.07, 6.45) is 2.30. The molecule has 5 aromatic rings. The van der Waals surface area contributed by atoms with Gasteiger partial charge in [-0.1, -0.05) is 65.8 Å². The number of fused-ring (bicyclic) bond motifs is 3. The van der Waals surface area contributed by atoms with Crippen LogP contribution in [-0.4, -0.2) is 69.6 Å². The lowest BCUT2D eigenvalue weighted by Gasteiger charge is -2.36. The van der Waals surface area contributed by atoms with E-state index in [1.165, 1.54) is 0 Å². The summed E-state index contributed by atoms with van der Waals surface area (Å²) in [5.41, 5.74) is 4.87. The van der Waals surface area contributed by atoms with Gasteiger partial charge in [-0.25, -0.2) is 4.98 Å². The lowest BCUT2D eigenvalue weighted by atomic mass is 10.2. The van der Waals surface area contributed by atoms with Gasteiger partial charge in [0.25, 0.3) is 0 Å². The van der Waals surface area contributed by atoms with Gasteiger partial charge in [0.2, 0.25) is 11.1 Å². The van der Waals surface area contributed by atoms with E-state index in [1.807, 2.05) is 53.4 Å². The van der Waals surface area contributed by atoms with E-state index in [0.29, 0.717) is 23.1 Å². The number of aromatic nitrogens is 4. The Bertz CT molecular complexity index is 1700. The zero-order valence-corrected chi connectivity index (χ0v) is 25.2. The van der Waals surface area contributed by atoms with Crippen molar-refractivity contribution in [3.8, 4) is 5.75 Å². The molecule has 1 fully saturated rings. The number of hydrogen-bond donors (Lipinski definition) is 0. The van der Waals surface area contributed by atoms with Crippen molar-refractivity contribution in [3.63, 3.8) is 0 Å². The van der Waals surface area contributed by atoms with Gasteiger partial charge in [0.05, 0.1) is 18.3 Å². The molecule has 0 N–H and O–H groups in total. The summed E-state index contributed by atoms with van der Waals surface area (Å²) < 4.78 is 7.69. The van der Waals surface area contributed by atoms with Gasteiger partial charge in [-0.3, -0.25) is 4.79 Å². The van der Waals surface area contributed by atoms with Crippen molar-refractivity contribution in [2.75, 3.05) is 43.9 Å². The van der Waals surface area contributed by atoms with E-state index < -0.39 is 0 Å². The van der Waals surface area contributed by atoms with E-state index in [-0.39, 0.29) is 5.91 Å². The molecule has 42 heavy (non-hydrogen) atoms. The number of halogens is 1. The Hall–Kier alpha value is -3.82. The molecule has 216 valence electrons. The molecule has 8 nitrogen and oxygen atoms in total. The summed E-state index contributed by atoms with van der Waals surface area (Å²) in [5.74, 6) is 1.93. The molecule has 0 spiro atoms. The van der Waals surface area contributed by atoms with Crippen molar-refractivity contribution in [1.82, 2.24) is 24.6 Å². The molecule has 0 atom stereocenters. The van der Waals surface area contributed by atoms with E-state index in [0.717, 1.165) is 83.8 Å². The van der Waals surface area contributed by atoms with E-state index in [4.69, 9.17) is 21.3 Å². The SMILES string of the molecule is COc1ccccc1N1CCN(C(=O)CCCCSc2nnc3c4ccccc4n(Cc4cccc(Cl)c4)c3n2)CC1. The van der Waals surface area contributed by atoms with Crippen molar-refractivity contribution in [3.05, 3.63) is 83.4 Å². The Morgan fingerprint density at radius 2 is 1.76 bits per heavy atom. The van der Waals surface area contributed by atoms with Gasteiger partial charge >= 0.3 is 0 Å². The molecular formula is C32H33ClN6O2S. The zero-order valence-electron chi connectivity index (χ0n) is 23.6. The van der Waals surface area contributed by atoms with Gasteiger partial charge in [0, 0.05) is 55.3 Å². The predicted molar refractivity (Wildman–Crippen MR) is 170 cm³/mol. The third kappa shape index (κ3) is 6.17. The molecule has 0 radical (unpaired) electrons. The molecule has 1 aliphatic heterocycles. The van der Waals surface area contributed by atoms with Crippen LogP contribution in [0, 0.1) is 0 Å². The van der Waals surface area contributed by atoms with Crippen LogP contribution in [0.25, 0.3) is 22.1 Å². The highest BCUT2D eigenvalue weighted by atomic mass is 35.5. The smallest absolute Gasteiger partial charge is 0.222 e. The Morgan fingerprint density at radius 3 is 2.60 bits per heavy atom. The number of nitrogens with zero attached hydrogens (tertiary/aromatic N) is 6. The Balaban J connectivity index is 1.03. The molecule has 3 aromatic carbocycles. The molecule has 0 aliphatic carbocycles. The number of hydrogen-bond acceptors (Lipinski definition) is 7. The number of carbonyl (C=O) groups excluding carboxylic acids is 1. The number of amides is 1. The van der Waals surface area contributed by atoms with Crippen LogP contribution >= 0.6 is 23.4 Å². The van der Waals surface area contributed by atoms with Crippen LogP contribution in [0.3, 0.4) is 0 Å². The second-order valence-electron chi connectivity index (χ2n) is 10.3. The summed E-state index contributed by atoms with van der Waals surface area (Å²) in [6.45, 7) is 3.72. The van der Waals surface area contributed by atoms with Crippen LogP contribution in [0.2, 0.25) is 5.02 Å². The van der Waals surface area contributed by atoms with E-state index in [2.05, 4.69) is 43.9 Å². The molecule has 6 rings (SSSR count). The monoisotopic (exact) mass is 600 g/mol. The maximum absolute atomic E-state index is 12.9. The van der Waals surface area contributed by atoms with Crippen LogP contribution in [0.15, 0.2) is 78.0 Å². The van der Waals surface area contributed by atoms with Crippen molar-refractivity contribution >= 4 is 57.0 Å². The minimum Gasteiger partial charge on any atom is -0.495 e. The maximum Gasteiger partial charge on any atom is 0.222 e. The Labute approximate surface area is 254 Å². The van der Waals surface area contributed by atoms with Gasteiger partial charge in [-0.05, 0) is 48.7 Å². The molecule has 10 heteroatoms. The normalized spacial score (nSPS) is 13.7. The average molecular weight is 601 g/mol. The summed E-state index contributed by atoms with van der Waals surface area (Å²) in [6, 6.07) is 24.1. The highest BCUT2D eigenvalue weighted by Gasteiger charge is 2.22. The quantitative estimate of drug-likeness (QED) is 0.137. The van der Waals surface area contributed by atoms with Crippen LogP contribution in [0.1, 0.15) is 24.8 Å². The van der Waals surface area contributed by atoms with E-state index >= 15 is 0 Å². The predicted octanol–water partition coefficient (Wildman–Crippen LogP) is 6.30. The van der Waals surface area contributed by atoms with Crippen molar-refractivity contribution in [1.29, 1.82) is 0 Å². The van der Waals surface area contributed by atoms with Gasteiger partial charge in [0.1, 0.15) is 11.3 Å². The first-order chi connectivity index (χ1) is 20.6. The highest BCUT2D eigenvalue weighted by Crippen LogP contribution is 2.30. The van der Waals surface area contributed by atoms with Crippen molar-refractivity contribution in [2.24, 2.45) is 0 Å². The molecule has 1 saturated heterocycles. The number of carbonyl (C=O) groups is 1. The number of thioether (sulfide) groups is 1. The van der Waals surface area contributed by atoms with Crippen LogP contribution in [0.4, 0.5) is 5.69 Å². The zero-order chi connectivity index (χ0) is 28.9. The Kier molecular flexibility index (Phi) is 8.76. The number of para-hydroxylation sites is 3. The molecule has 0 saturated carbocycles. The van der Waals surface area contributed by atoms with Crippen LogP contribution in [0.5, 0.6) is 5.75 Å². The third-order valence-corrected chi connectivity index (χ3v) is 8.82. The molecular weight excluding hydrogens is 568 g/mol.